The van der Waals surface area contributed by atoms with E-state index >= 15 is 0 Å². The summed E-state index contributed by atoms with van der Waals surface area (Å²) in [7, 11) is 1.94. The smallest absolute Gasteiger partial charge is 0.302 e. The molecule has 3 heterocycles. The van der Waals surface area contributed by atoms with Crippen LogP contribution < -0.4 is 11.3 Å². The Morgan fingerprint density at radius 3 is 2.91 bits per heavy atom. The van der Waals surface area contributed by atoms with E-state index in [2.05, 4.69) is 15.3 Å². The molecule has 0 atom stereocenters. The van der Waals surface area contributed by atoms with Gasteiger partial charge in [0.2, 0.25) is 4.96 Å². The molecule has 3 aromatic heterocycles. The van der Waals surface area contributed by atoms with Crippen LogP contribution in [0, 0.1) is 0 Å². The van der Waals surface area contributed by atoms with E-state index in [1.54, 1.807) is 0 Å². The summed E-state index contributed by atoms with van der Waals surface area (Å²) in [6.07, 6.45) is 2.52. The lowest BCUT2D eigenvalue weighted by Crippen LogP contribution is -2.19. The molecule has 0 bridgehead atoms. The number of benzene rings is 1. The van der Waals surface area contributed by atoms with Gasteiger partial charge < -0.3 is 10.3 Å². The Balaban J connectivity index is 1.98. The van der Waals surface area contributed by atoms with Gasteiger partial charge >= 0.3 is 5.56 Å². The third-order valence-corrected chi connectivity index (χ3v) is 4.70. The Bertz CT molecular complexity index is 1080. The maximum absolute atomic E-state index is 12.8. The molecule has 8 heteroatoms. The number of aryl methyl sites for hydroxylation is 1. The fraction of sp³-hybridized carbons (Fsp3) is 0.200. The first-order valence-corrected chi connectivity index (χ1v) is 8.00. The minimum atomic E-state index is -0.258. The maximum Gasteiger partial charge on any atom is 0.302 e. The molecule has 7 nitrogen and oxygen atoms in total. The van der Waals surface area contributed by atoms with Crippen LogP contribution in [0.3, 0.4) is 0 Å². The first-order valence-electron chi connectivity index (χ1n) is 7.19. The number of fused-ring (bicyclic) bond motifs is 2. The van der Waals surface area contributed by atoms with Gasteiger partial charge in [0.15, 0.2) is 5.69 Å². The lowest BCUT2D eigenvalue weighted by atomic mass is 10.1. The molecule has 2 N–H and O–H groups in total. The van der Waals surface area contributed by atoms with Crippen LogP contribution in [0.5, 0.6) is 0 Å². The van der Waals surface area contributed by atoms with E-state index in [0.29, 0.717) is 23.6 Å². The first kappa shape index (κ1) is 14.0. The zero-order valence-corrected chi connectivity index (χ0v) is 13.2. The number of rotatable bonds is 3. The van der Waals surface area contributed by atoms with Crippen LogP contribution in [0.1, 0.15) is 5.01 Å². The third kappa shape index (κ3) is 2.14. The van der Waals surface area contributed by atoms with Gasteiger partial charge in [-0.15, -0.1) is 10.2 Å². The van der Waals surface area contributed by atoms with E-state index in [0.717, 1.165) is 21.5 Å². The summed E-state index contributed by atoms with van der Waals surface area (Å²) >= 11 is 1.34. The molecule has 4 rings (SSSR count). The van der Waals surface area contributed by atoms with Gasteiger partial charge in [-0.2, -0.15) is 9.61 Å². The Labute approximate surface area is 135 Å². The van der Waals surface area contributed by atoms with Crippen molar-refractivity contribution in [2.45, 2.75) is 6.42 Å². The molecule has 0 fully saturated rings. The van der Waals surface area contributed by atoms with Crippen molar-refractivity contribution in [3.63, 3.8) is 0 Å². The van der Waals surface area contributed by atoms with Crippen LogP contribution in [0.25, 0.3) is 27.1 Å². The average molecular weight is 326 g/mol. The number of para-hydroxylation sites is 1. The molecule has 116 valence electrons. The Morgan fingerprint density at radius 2 is 2.09 bits per heavy atom. The summed E-state index contributed by atoms with van der Waals surface area (Å²) in [5.74, 6) is 0. The van der Waals surface area contributed by atoms with Crippen molar-refractivity contribution in [3.8, 4) is 11.3 Å². The van der Waals surface area contributed by atoms with Gasteiger partial charge in [0.1, 0.15) is 5.01 Å². The second-order valence-electron chi connectivity index (χ2n) is 5.25. The molecule has 23 heavy (non-hydrogen) atoms. The summed E-state index contributed by atoms with van der Waals surface area (Å²) < 4.78 is 3.29. The van der Waals surface area contributed by atoms with Crippen molar-refractivity contribution in [1.29, 1.82) is 0 Å². The van der Waals surface area contributed by atoms with Gasteiger partial charge in [-0.05, 0) is 12.6 Å². The monoisotopic (exact) mass is 326 g/mol. The number of hydrogen-bond donors (Lipinski definition) is 1. The van der Waals surface area contributed by atoms with Crippen molar-refractivity contribution in [3.05, 3.63) is 45.8 Å². The Morgan fingerprint density at radius 1 is 1.26 bits per heavy atom. The number of nitrogens with zero attached hydrogens (tertiary/aromatic N) is 5. The van der Waals surface area contributed by atoms with Crippen LogP contribution in [0.2, 0.25) is 0 Å². The highest BCUT2D eigenvalue weighted by atomic mass is 32.1. The lowest BCUT2D eigenvalue weighted by molar-refractivity contribution is 0.818. The van der Waals surface area contributed by atoms with E-state index in [1.165, 1.54) is 15.9 Å². The highest BCUT2D eigenvalue weighted by molar-refractivity contribution is 7.16. The molecule has 4 aromatic rings. The highest BCUT2D eigenvalue weighted by Crippen LogP contribution is 2.27. The minimum absolute atomic E-state index is 0.258. The van der Waals surface area contributed by atoms with Gasteiger partial charge in [0, 0.05) is 36.1 Å². The zero-order chi connectivity index (χ0) is 16.0. The predicted molar refractivity (Wildman–Crippen MR) is 89.6 cm³/mol. The molecular weight excluding hydrogens is 312 g/mol. The zero-order valence-electron chi connectivity index (χ0n) is 12.4. The third-order valence-electron chi connectivity index (χ3n) is 3.74. The number of hydrogen-bond acceptors (Lipinski definition) is 6. The molecule has 0 saturated heterocycles. The van der Waals surface area contributed by atoms with Crippen LogP contribution in [-0.2, 0) is 13.5 Å². The lowest BCUT2D eigenvalue weighted by Gasteiger charge is -1.97. The topological polar surface area (TPSA) is 91.1 Å². The van der Waals surface area contributed by atoms with Crippen LogP contribution in [0.4, 0.5) is 0 Å². The minimum Gasteiger partial charge on any atom is -0.350 e. The summed E-state index contributed by atoms with van der Waals surface area (Å²) in [5.41, 5.74) is 7.40. The standard InChI is InChI=1S/C15H14N6OS/c1-20-8-10(9-4-2-3-5-11(9)20)13-14(22)21-15(18-17-13)23-12(19-21)6-7-16/h2-5,8H,6-7,16H2,1H3. The quantitative estimate of drug-likeness (QED) is 0.611. The number of aromatic nitrogens is 5. The molecule has 0 spiro atoms. The average Bonchev–Trinajstić information content (AvgIpc) is 3.11. The Kier molecular flexibility index (Phi) is 3.21. The summed E-state index contributed by atoms with van der Waals surface area (Å²) in [6, 6.07) is 7.89. The molecule has 0 aliphatic carbocycles. The van der Waals surface area contributed by atoms with Crippen molar-refractivity contribution in [1.82, 2.24) is 24.4 Å². The molecule has 0 unspecified atom stereocenters. The summed E-state index contributed by atoms with van der Waals surface area (Å²) in [6.45, 7) is 0.484. The fourth-order valence-electron chi connectivity index (χ4n) is 2.68. The SMILES string of the molecule is Cn1cc(-c2nnc3sc(CCN)nn3c2=O)c2ccccc21. The second kappa shape index (κ2) is 5.25. The molecule has 1 aromatic carbocycles. The van der Waals surface area contributed by atoms with Crippen molar-refractivity contribution in [2.75, 3.05) is 6.54 Å². The van der Waals surface area contributed by atoms with Crippen LogP contribution in [0.15, 0.2) is 35.3 Å². The maximum atomic E-state index is 12.8. The number of nitrogens with two attached hydrogens (primary N) is 1. The van der Waals surface area contributed by atoms with E-state index in [-0.39, 0.29) is 5.56 Å². The van der Waals surface area contributed by atoms with Crippen LogP contribution >= 0.6 is 11.3 Å². The summed E-state index contributed by atoms with van der Waals surface area (Å²) in [4.78, 5) is 13.3. The van der Waals surface area contributed by atoms with Gasteiger partial charge in [-0.1, -0.05) is 29.5 Å². The second-order valence-corrected chi connectivity index (χ2v) is 6.29. The Hall–Kier alpha value is -2.58. The molecule has 0 aliphatic rings. The normalized spacial score (nSPS) is 11.6. The molecular formula is C15H14N6OS. The van der Waals surface area contributed by atoms with E-state index in [9.17, 15) is 4.79 Å². The van der Waals surface area contributed by atoms with E-state index < -0.39 is 0 Å². The molecule has 0 aliphatic heterocycles. The van der Waals surface area contributed by atoms with Crippen molar-refractivity contribution >= 4 is 27.2 Å². The van der Waals surface area contributed by atoms with E-state index in [1.807, 2.05) is 42.1 Å². The van der Waals surface area contributed by atoms with Gasteiger partial charge in [-0.3, -0.25) is 4.79 Å². The summed E-state index contributed by atoms with van der Waals surface area (Å²) in [5, 5.41) is 14.4. The molecule has 0 amide bonds. The largest absolute Gasteiger partial charge is 0.350 e. The van der Waals surface area contributed by atoms with Crippen LogP contribution in [-0.4, -0.2) is 30.9 Å². The van der Waals surface area contributed by atoms with Crippen molar-refractivity contribution < 1.29 is 0 Å². The van der Waals surface area contributed by atoms with Gasteiger partial charge in [-0.25, -0.2) is 0 Å². The van der Waals surface area contributed by atoms with Gasteiger partial charge in [0.05, 0.1) is 0 Å². The molecule has 0 radical (unpaired) electrons. The fourth-order valence-corrected chi connectivity index (χ4v) is 3.52. The first-order chi connectivity index (χ1) is 11.2. The van der Waals surface area contributed by atoms with Crippen molar-refractivity contribution in [2.24, 2.45) is 12.8 Å². The van der Waals surface area contributed by atoms with Gasteiger partial charge in [0.25, 0.3) is 0 Å². The molecule has 0 saturated carbocycles. The predicted octanol–water partition coefficient (Wildman–Crippen LogP) is 1.21. The highest BCUT2D eigenvalue weighted by Gasteiger charge is 2.17. The van der Waals surface area contributed by atoms with E-state index in [4.69, 9.17) is 5.73 Å².